The largest absolute Gasteiger partial charge is 0.433 e. The molecule has 1 heterocycles. The van der Waals surface area contributed by atoms with Gasteiger partial charge in [-0.2, -0.15) is 18.2 Å². The lowest BCUT2D eigenvalue weighted by molar-refractivity contribution is -0.141. The van der Waals surface area contributed by atoms with Crippen molar-refractivity contribution < 1.29 is 18.3 Å². The van der Waals surface area contributed by atoms with Crippen molar-refractivity contribution in [1.29, 1.82) is 0 Å². The summed E-state index contributed by atoms with van der Waals surface area (Å²) < 4.78 is 38.5. The van der Waals surface area contributed by atoms with E-state index in [1.165, 1.54) is 0 Å². The Labute approximate surface area is 121 Å². The van der Waals surface area contributed by atoms with Crippen LogP contribution in [0.3, 0.4) is 0 Å². The Bertz CT molecular complexity index is 489. The van der Waals surface area contributed by atoms with Crippen LogP contribution in [0.4, 0.5) is 24.9 Å². The van der Waals surface area contributed by atoms with E-state index in [9.17, 15) is 18.3 Å². The molecule has 1 aromatic rings. The summed E-state index contributed by atoms with van der Waals surface area (Å²) in [5, 5.41) is 15.5. The molecule has 21 heavy (non-hydrogen) atoms. The maximum absolute atomic E-state index is 12.8. The Kier molecular flexibility index (Phi) is 4.55. The molecule has 118 valence electrons. The van der Waals surface area contributed by atoms with E-state index >= 15 is 0 Å². The fourth-order valence-electron chi connectivity index (χ4n) is 2.02. The molecule has 0 atom stereocenters. The lowest BCUT2D eigenvalue weighted by Crippen LogP contribution is -2.43. The lowest BCUT2D eigenvalue weighted by atomic mass is 9.80. The van der Waals surface area contributed by atoms with E-state index in [0.717, 1.165) is 18.9 Å². The molecule has 0 spiro atoms. The van der Waals surface area contributed by atoms with Gasteiger partial charge < -0.3 is 15.7 Å². The van der Waals surface area contributed by atoms with E-state index in [4.69, 9.17) is 0 Å². The molecule has 0 aromatic carbocycles. The van der Waals surface area contributed by atoms with Gasteiger partial charge in [-0.25, -0.2) is 4.98 Å². The molecule has 0 amide bonds. The summed E-state index contributed by atoms with van der Waals surface area (Å²) in [6.45, 7) is 2.57. The van der Waals surface area contributed by atoms with Crippen LogP contribution < -0.4 is 10.6 Å². The number of aromatic nitrogens is 2. The molecule has 3 N–H and O–H groups in total. The summed E-state index contributed by atoms with van der Waals surface area (Å²) in [6.07, 6.45) is -1.55. The normalized spacial score (nSPS) is 17.2. The number of hydrogen-bond acceptors (Lipinski definition) is 5. The second kappa shape index (κ2) is 6.05. The lowest BCUT2D eigenvalue weighted by Gasteiger charge is -2.36. The van der Waals surface area contributed by atoms with Crippen molar-refractivity contribution in [2.75, 3.05) is 23.7 Å². The molecule has 0 aliphatic heterocycles. The van der Waals surface area contributed by atoms with Gasteiger partial charge >= 0.3 is 6.18 Å². The summed E-state index contributed by atoms with van der Waals surface area (Å²) >= 11 is 0. The third-order valence-electron chi connectivity index (χ3n) is 3.43. The van der Waals surface area contributed by atoms with E-state index < -0.39 is 17.5 Å². The maximum atomic E-state index is 12.8. The molecule has 2 rings (SSSR count). The first-order chi connectivity index (χ1) is 9.82. The van der Waals surface area contributed by atoms with E-state index in [1.807, 2.05) is 6.92 Å². The van der Waals surface area contributed by atoms with Crippen molar-refractivity contribution in [2.24, 2.45) is 0 Å². The highest BCUT2D eigenvalue weighted by atomic mass is 19.4. The zero-order valence-corrected chi connectivity index (χ0v) is 11.8. The van der Waals surface area contributed by atoms with E-state index in [2.05, 4.69) is 20.6 Å². The van der Waals surface area contributed by atoms with Gasteiger partial charge in [0.25, 0.3) is 0 Å². The first-order valence-electron chi connectivity index (χ1n) is 6.99. The molecule has 8 heteroatoms. The molecule has 5 nitrogen and oxygen atoms in total. The number of rotatable bonds is 6. The average Bonchev–Trinajstić information content (AvgIpc) is 2.39. The average molecular weight is 304 g/mol. The number of nitrogens with one attached hydrogen (secondary N) is 2. The first kappa shape index (κ1) is 15.8. The molecule has 1 aliphatic rings. The van der Waals surface area contributed by atoms with E-state index in [1.54, 1.807) is 0 Å². The first-order valence-corrected chi connectivity index (χ1v) is 6.99. The Hall–Kier alpha value is -1.57. The molecule has 0 unspecified atom stereocenters. The van der Waals surface area contributed by atoms with E-state index in [0.29, 0.717) is 19.4 Å². The summed E-state index contributed by atoms with van der Waals surface area (Å²) in [5.74, 6) is 0.00558. The minimum absolute atomic E-state index is 0.0604. The van der Waals surface area contributed by atoms with Gasteiger partial charge in [0, 0.05) is 19.2 Å². The number of halogens is 3. The van der Waals surface area contributed by atoms with Crippen LogP contribution in [0.25, 0.3) is 0 Å². The summed E-state index contributed by atoms with van der Waals surface area (Å²) in [5.41, 5.74) is -1.83. The Morgan fingerprint density at radius 3 is 2.52 bits per heavy atom. The van der Waals surface area contributed by atoms with Crippen LogP contribution in [-0.2, 0) is 6.18 Å². The third-order valence-corrected chi connectivity index (χ3v) is 3.43. The molecule has 0 saturated heterocycles. The monoisotopic (exact) mass is 304 g/mol. The Balaban J connectivity index is 2.14. The third kappa shape index (κ3) is 4.20. The van der Waals surface area contributed by atoms with Gasteiger partial charge in [-0.1, -0.05) is 6.92 Å². The number of alkyl halides is 3. The molecular weight excluding hydrogens is 285 g/mol. The van der Waals surface area contributed by atoms with Gasteiger partial charge in [0.15, 0.2) is 5.69 Å². The van der Waals surface area contributed by atoms with E-state index in [-0.39, 0.29) is 18.3 Å². The topological polar surface area (TPSA) is 70.1 Å². The Morgan fingerprint density at radius 1 is 1.29 bits per heavy atom. The molecule has 0 bridgehead atoms. The van der Waals surface area contributed by atoms with Crippen LogP contribution >= 0.6 is 0 Å². The molecule has 1 fully saturated rings. The second-order valence-electron chi connectivity index (χ2n) is 5.32. The molecule has 0 radical (unpaired) electrons. The van der Waals surface area contributed by atoms with Gasteiger partial charge in [-0.15, -0.1) is 0 Å². The number of anilines is 2. The molecule has 1 aromatic heterocycles. The summed E-state index contributed by atoms with van der Waals surface area (Å²) in [7, 11) is 0. The highest BCUT2D eigenvalue weighted by Crippen LogP contribution is 2.33. The van der Waals surface area contributed by atoms with Gasteiger partial charge in [0.05, 0.1) is 5.60 Å². The Morgan fingerprint density at radius 2 is 2.00 bits per heavy atom. The van der Waals surface area contributed by atoms with Crippen LogP contribution in [0.15, 0.2) is 6.07 Å². The molecule has 1 saturated carbocycles. The van der Waals surface area contributed by atoms with Crippen LogP contribution in [0.2, 0.25) is 0 Å². The predicted molar refractivity (Wildman–Crippen MR) is 73.1 cm³/mol. The van der Waals surface area contributed by atoms with Crippen molar-refractivity contribution in [3.63, 3.8) is 0 Å². The number of aliphatic hydroxyl groups is 1. The molecule has 1 aliphatic carbocycles. The van der Waals surface area contributed by atoms with Crippen LogP contribution in [0, 0.1) is 0 Å². The minimum Gasteiger partial charge on any atom is -0.388 e. The molecular formula is C13H19F3N4O. The number of nitrogens with zero attached hydrogens (tertiary/aromatic N) is 2. The highest BCUT2D eigenvalue weighted by Gasteiger charge is 2.36. The van der Waals surface area contributed by atoms with Gasteiger partial charge in [-0.3, -0.25) is 0 Å². The summed E-state index contributed by atoms with van der Waals surface area (Å²) in [4.78, 5) is 7.47. The van der Waals surface area contributed by atoms with Crippen LogP contribution in [0.5, 0.6) is 0 Å². The predicted octanol–water partition coefficient (Wildman–Crippen LogP) is 2.64. The van der Waals surface area contributed by atoms with Crippen molar-refractivity contribution in [3.8, 4) is 0 Å². The zero-order valence-electron chi connectivity index (χ0n) is 11.8. The quantitative estimate of drug-likeness (QED) is 0.754. The maximum Gasteiger partial charge on any atom is 0.433 e. The highest BCUT2D eigenvalue weighted by molar-refractivity contribution is 5.43. The summed E-state index contributed by atoms with van der Waals surface area (Å²) in [6, 6.07) is 0.860. The second-order valence-corrected chi connectivity index (χ2v) is 5.32. The van der Waals surface area contributed by atoms with Crippen LogP contribution in [0.1, 0.15) is 38.3 Å². The number of hydrogen-bond donors (Lipinski definition) is 3. The zero-order chi connectivity index (χ0) is 15.5. The smallest absolute Gasteiger partial charge is 0.388 e. The van der Waals surface area contributed by atoms with Crippen molar-refractivity contribution in [3.05, 3.63) is 11.8 Å². The fraction of sp³-hybridized carbons (Fsp3) is 0.692. The van der Waals surface area contributed by atoms with Gasteiger partial charge in [-0.05, 0) is 25.7 Å². The SMILES string of the molecule is CCCNc1nc(NCC2(O)CCC2)cc(C(F)(F)F)n1. The minimum atomic E-state index is -4.53. The van der Waals surface area contributed by atoms with Crippen molar-refractivity contribution in [1.82, 2.24) is 9.97 Å². The van der Waals surface area contributed by atoms with Gasteiger partial charge in [0.2, 0.25) is 5.95 Å². The van der Waals surface area contributed by atoms with Crippen molar-refractivity contribution in [2.45, 2.75) is 44.4 Å². The standard InChI is InChI=1S/C13H19F3N4O/c1-2-6-17-11-19-9(13(14,15)16)7-10(20-11)18-8-12(21)4-3-5-12/h7,21H,2-6,8H2,1H3,(H2,17,18,19,20). The van der Waals surface area contributed by atoms with Gasteiger partial charge in [0.1, 0.15) is 5.82 Å². The van der Waals surface area contributed by atoms with Crippen LogP contribution in [-0.4, -0.2) is 33.8 Å². The fourth-order valence-corrected chi connectivity index (χ4v) is 2.02. The van der Waals surface area contributed by atoms with Crippen molar-refractivity contribution >= 4 is 11.8 Å².